The highest BCUT2D eigenvalue weighted by Crippen LogP contribution is 2.21. The zero-order valence-electron chi connectivity index (χ0n) is 18.4. The summed E-state index contributed by atoms with van der Waals surface area (Å²) in [6.45, 7) is 0.285. The molecule has 178 valence electrons. The molecular formula is C21H26N4O7S. The first kappa shape index (κ1) is 24.4. The molecule has 2 heterocycles. The van der Waals surface area contributed by atoms with E-state index < -0.39 is 28.5 Å². The number of nitrogens with one attached hydrogen (secondary N) is 1. The van der Waals surface area contributed by atoms with Crippen LogP contribution in [0.4, 0.5) is 5.95 Å². The van der Waals surface area contributed by atoms with Crippen molar-refractivity contribution in [1.29, 1.82) is 0 Å². The molecule has 12 heteroatoms. The van der Waals surface area contributed by atoms with Crippen molar-refractivity contribution in [2.45, 2.75) is 30.6 Å². The third-order valence-electron chi connectivity index (χ3n) is 4.96. The Kier molecular flexibility index (Phi) is 8.17. The van der Waals surface area contributed by atoms with Gasteiger partial charge in [0.05, 0.1) is 30.7 Å². The van der Waals surface area contributed by atoms with Gasteiger partial charge in [-0.2, -0.15) is 14.3 Å². The molecule has 2 aromatic rings. The lowest BCUT2D eigenvalue weighted by Gasteiger charge is -2.20. The van der Waals surface area contributed by atoms with E-state index in [2.05, 4.69) is 15.3 Å². The third kappa shape index (κ3) is 6.39. The number of aromatic nitrogens is 2. The molecule has 0 unspecified atom stereocenters. The number of rotatable bonds is 8. The maximum atomic E-state index is 13.0. The predicted molar refractivity (Wildman–Crippen MR) is 118 cm³/mol. The standard InChI is InChI=1S/C21H26N4O7S/c1-30-18-13-19(31-2)24-21(23-18)22-17(26)14-32-20(27)15-8-7-9-16(12-15)33(28,29)25-10-5-3-4-6-11-25/h7-9,12-13H,3-6,10-11,14H2,1-2H3,(H,22,23,24,26). The van der Waals surface area contributed by atoms with E-state index in [-0.39, 0.29) is 28.2 Å². The summed E-state index contributed by atoms with van der Waals surface area (Å²) in [5.41, 5.74) is 0.0259. The summed E-state index contributed by atoms with van der Waals surface area (Å²) in [6.07, 6.45) is 3.60. The van der Waals surface area contributed by atoms with Crippen LogP contribution in [0.2, 0.25) is 0 Å². The molecule has 1 aliphatic rings. The molecule has 0 bridgehead atoms. The van der Waals surface area contributed by atoms with Crippen molar-refractivity contribution < 1.29 is 32.2 Å². The molecule has 11 nitrogen and oxygen atoms in total. The summed E-state index contributed by atoms with van der Waals surface area (Å²) >= 11 is 0. The highest BCUT2D eigenvalue weighted by atomic mass is 32.2. The molecule has 1 saturated heterocycles. The lowest BCUT2D eigenvalue weighted by Crippen LogP contribution is -2.32. The predicted octanol–water partition coefficient (Wildman–Crippen LogP) is 1.85. The number of esters is 1. The van der Waals surface area contributed by atoms with Crippen molar-refractivity contribution in [3.63, 3.8) is 0 Å². The van der Waals surface area contributed by atoms with E-state index in [0.29, 0.717) is 13.1 Å². The zero-order valence-corrected chi connectivity index (χ0v) is 19.3. The Morgan fingerprint density at radius 2 is 1.64 bits per heavy atom. The second-order valence-electron chi connectivity index (χ2n) is 7.25. The highest BCUT2D eigenvalue weighted by Gasteiger charge is 2.26. The first-order valence-corrected chi connectivity index (χ1v) is 11.8. The van der Waals surface area contributed by atoms with Crippen molar-refractivity contribution in [2.75, 3.05) is 39.2 Å². The smallest absolute Gasteiger partial charge is 0.338 e. The number of hydrogen-bond donors (Lipinski definition) is 1. The van der Waals surface area contributed by atoms with E-state index in [1.54, 1.807) is 0 Å². The first-order valence-electron chi connectivity index (χ1n) is 10.4. The van der Waals surface area contributed by atoms with Crippen LogP contribution >= 0.6 is 0 Å². The van der Waals surface area contributed by atoms with Gasteiger partial charge >= 0.3 is 5.97 Å². The van der Waals surface area contributed by atoms with Crippen LogP contribution in [0.3, 0.4) is 0 Å². The van der Waals surface area contributed by atoms with Crippen LogP contribution in [0.5, 0.6) is 11.8 Å². The number of hydrogen-bond acceptors (Lipinski definition) is 9. The van der Waals surface area contributed by atoms with Gasteiger partial charge in [0.15, 0.2) is 6.61 Å². The summed E-state index contributed by atoms with van der Waals surface area (Å²) in [4.78, 5) is 32.5. The fraction of sp³-hybridized carbons (Fsp3) is 0.429. The molecule has 0 saturated carbocycles. The fourth-order valence-electron chi connectivity index (χ4n) is 3.26. The van der Waals surface area contributed by atoms with E-state index >= 15 is 0 Å². The Hall–Kier alpha value is -3.25. The van der Waals surface area contributed by atoms with Crippen LogP contribution in [0, 0.1) is 0 Å². The number of carbonyl (C=O) groups is 2. The van der Waals surface area contributed by atoms with Crippen LogP contribution in [0.25, 0.3) is 0 Å². The second-order valence-corrected chi connectivity index (χ2v) is 9.18. The van der Waals surface area contributed by atoms with Gasteiger partial charge in [0.1, 0.15) is 0 Å². The minimum absolute atomic E-state index is 0.0141. The van der Waals surface area contributed by atoms with Crippen molar-refractivity contribution in [3.8, 4) is 11.8 Å². The molecule has 1 amide bonds. The van der Waals surface area contributed by atoms with Crippen molar-refractivity contribution in [3.05, 3.63) is 35.9 Å². The summed E-state index contributed by atoms with van der Waals surface area (Å²) in [5.74, 6) is -1.25. The van der Waals surface area contributed by atoms with Gasteiger partial charge in [0.25, 0.3) is 5.91 Å². The molecule has 1 N–H and O–H groups in total. The first-order chi connectivity index (χ1) is 15.8. The maximum Gasteiger partial charge on any atom is 0.338 e. The monoisotopic (exact) mass is 478 g/mol. The number of benzene rings is 1. The summed E-state index contributed by atoms with van der Waals surface area (Å²) in [7, 11) is -0.922. The lowest BCUT2D eigenvalue weighted by atomic mass is 10.2. The summed E-state index contributed by atoms with van der Waals surface area (Å²) in [5, 5.41) is 2.38. The van der Waals surface area contributed by atoms with Crippen molar-refractivity contribution >= 4 is 27.8 Å². The number of sulfonamides is 1. The quantitative estimate of drug-likeness (QED) is 0.564. The molecule has 0 aliphatic carbocycles. The van der Waals surface area contributed by atoms with E-state index in [1.807, 2.05) is 0 Å². The normalized spacial score (nSPS) is 14.7. The molecule has 1 aromatic heterocycles. The molecular weight excluding hydrogens is 452 g/mol. The van der Waals surface area contributed by atoms with E-state index in [9.17, 15) is 18.0 Å². The summed E-state index contributed by atoms with van der Waals surface area (Å²) in [6, 6.07) is 7.03. The largest absolute Gasteiger partial charge is 0.481 e. The fourth-order valence-corrected chi connectivity index (χ4v) is 4.82. The third-order valence-corrected chi connectivity index (χ3v) is 6.85. The molecule has 1 aliphatic heterocycles. The van der Waals surface area contributed by atoms with Gasteiger partial charge in [-0.25, -0.2) is 13.2 Å². The highest BCUT2D eigenvalue weighted by molar-refractivity contribution is 7.89. The Morgan fingerprint density at radius 1 is 1.00 bits per heavy atom. The van der Waals surface area contributed by atoms with Gasteiger partial charge in [-0.15, -0.1) is 0 Å². The Balaban J connectivity index is 1.63. The van der Waals surface area contributed by atoms with Gasteiger partial charge in [-0.1, -0.05) is 18.9 Å². The van der Waals surface area contributed by atoms with E-state index in [0.717, 1.165) is 25.7 Å². The lowest BCUT2D eigenvalue weighted by molar-refractivity contribution is -0.119. The number of methoxy groups -OCH3 is 2. The molecule has 0 radical (unpaired) electrons. The number of amides is 1. The van der Waals surface area contributed by atoms with Gasteiger partial charge in [0.2, 0.25) is 27.7 Å². The molecule has 0 spiro atoms. The number of nitrogens with zero attached hydrogens (tertiary/aromatic N) is 3. The van der Waals surface area contributed by atoms with Crippen LogP contribution in [-0.4, -0.2) is 68.5 Å². The SMILES string of the molecule is COc1cc(OC)nc(NC(=O)COC(=O)c2cccc(S(=O)(=O)N3CCCCCC3)c2)n1. The minimum Gasteiger partial charge on any atom is -0.481 e. The average molecular weight is 479 g/mol. The number of anilines is 1. The van der Waals surface area contributed by atoms with Crippen LogP contribution in [-0.2, 0) is 19.6 Å². The molecule has 1 fully saturated rings. The topological polar surface area (TPSA) is 137 Å². The molecule has 33 heavy (non-hydrogen) atoms. The maximum absolute atomic E-state index is 13.0. The van der Waals surface area contributed by atoms with Crippen LogP contribution in [0.15, 0.2) is 35.2 Å². The van der Waals surface area contributed by atoms with Gasteiger partial charge < -0.3 is 14.2 Å². The van der Waals surface area contributed by atoms with Crippen molar-refractivity contribution in [1.82, 2.24) is 14.3 Å². The van der Waals surface area contributed by atoms with Gasteiger partial charge in [-0.05, 0) is 31.0 Å². The molecule has 3 rings (SSSR count). The molecule has 1 aromatic carbocycles. The Labute approximate surface area is 192 Å². The number of ether oxygens (including phenoxy) is 3. The zero-order chi connectivity index (χ0) is 23.8. The van der Waals surface area contributed by atoms with E-state index in [1.165, 1.54) is 48.9 Å². The summed E-state index contributed by atoms with van der Waals surface area (Å²) < 4.78 is 42.4. The van der Waals surface area contributed by atoms with E-state index in [4.69, 9.17) is 14.2 Å². The second kappa shape index (κ2) is 11.1. The van der Waals surface area contributed by atoms with Crippen molar-refractivity contribution in [2.24, 2.45) is 0 Å². The molecule has 0 atom stereocenters. The Morgan fingerprint density at radius 3 is 2.24 bits per heavy atom. The number of carbonyl (C=O) groups excluding carboxylic acids is 2. The van der Waals surface area contributed by atoms with Crippen LogP contribution in [0.1, 0.15) is 36.0 Å². The van der Waals surface area contributed by atoms with Gasteiger partial charge in [0, 0.05) is 13.1 Å². The minimum atomic E-state index is -3.72. The Bertz CT molecular complexity index is 1080. The van der Waals surface area contributed by atoms with Gasteiger partial charge in [-0.3, -0.25) is 10.1 Å². The van der Waals surface area contributed by atoms with Crippen LogP contribution < -0.4 is 14.8 Å². The average Bonchev–Trinajstić information content (AvgIpc) is 3.12.